The monoisotopic (exact) mass is 302 g/mol. The molecule has 0 aliphatic carbocycles. The summed E-state index contributed by atoms with van der Waals surface area (Å²) in [4.78, 5) is 23.3. The van der Waals surface area contributed by atoms with Crippen LogP contribution in [0.15, 0.2) is 24.3 Å². The highest BCUT2D eigenvalue weighted by molar-refractivity contribution is 5.97. The zero-order valence-electron chi connectivity index (χ0n) is 11.7. The summed E-state index contributed by atoms with van der Waals surface area (Å²) in [5.74, 6) is -1.69. The molecule has 116 valence electrons. The van der Waals surface area contributed by atoms with E-state index in [0.717, 1.165) is 18.2 Å². The van der Waals surface area contributed by atoms with Crippen LogP contribution in [0.4, 0.5) is 13.2 Å². The van der Waals surface area contributed by atoms with Gasteiger partial charge in [0.1, 0.15) is 6.04 Å². The molecule has 2 amide bonds. The maximum Gasteiger partial charge on any atom is 0.416 e. The number of carbonyl (C=O) groups is 2. The lowest BCUT2D eigenvalue weighted by Crippen LogP contribution is -2.48. The first-order chi connectivity index (χ1) is 9.66. The number of amides is 2. The Morgan fingerprint density at radius 2 is 1.95 bits per heavy atom. The van der Waals surface area contributed by atoms with Crippen LogP contribution in [0, 0.1) is 5.92 Å². The molecule has 0 saturated carbocycles. The normalized spacial score (nSPS) is 14.3. The maximum absolute atomic E-state index is 12.6. The summed E-state index contributed by atoms with van der Waals surface area (Å²) in [6, 6.07) is 3.08. The van der Waals surface area contributed by atoms with E-state index in [1.807, 2.05) is 6.92 Å². The quantitative estimate of drug-likeness (QED) is 0.876. The van der Waals surface area contributed by atoms with Crippen LogP contribution < -0.4 is 11.1 Å². The second-order valence-electron chi connectivity index (χ2n) is 4.82. The van der Waals surface area contributed by atoms with Gasteiger partial charge in [-0.2, -0.15) is 13.2 Å². The third-order valence-electron chi connectivity index (χ3n) is 3.26. The average Bonchev–Trinajstić information content (AvgIpc) is 2.42. The molecule has 0 radical (unpaired) electrons. The van der Waals surface area contributed by atoms with Crippen molar-refractivity contribution in [1.29, 1.82) is 0 Å². The molecule has 0 spiro atoms. The number of benzene rings is 1. The highest BCUT2D eigenvalue weighted by Gasteiger charge is 2.31. The first kappa shape index (κ1) is 17.0. The van der Waals surface area contributed by atoms with Gasteiger partial charge < -0.3 is 11.1 Å². The number of halogens is 3. The Morgan fingerprint density at radius 1 is 1.33 bits per heavy atom. The number of rotatable bonds is 5. The SMILES string of the molecule is CC[C@H](C)[C@H](NC(=O)c1cccc(C(F)(F)F)c1)C(N)=O. The van der Waals surface area contributed by atoms with E-state index in [9.17, 15) is 22.8 Å². The summed E-state index contributed by atoms with van der Waals surface area (Å²) < 4.78 is 37.8. The molecule has 4 nitrogen and oxygen atoms in total. The van der Waals surface area contributed by atoms with Crippen LogP contribution in [0.5, 0.6) is 0 Å². The molecule has 1 rings (SSSR count). The Bertz CT molecular complexity index is 529. The third-order valence-corrected chi connectivity index (χ3v) is 3.26. The van der Waals surface area contributed by atoms with Crippen LogP contribution in [-0.2, 0) is 11.0 Å². The van der Waals surface area contributed by atoms with Crippen LogP contribution in [-0.4, -0.2) is 17.9 Å². The number of hydrogen-bond donors (Lipinski definition) is 2. The van der Waals surface area contributed by atoms with Crippen molar-refractivity contribution in [3.63, 3.8) is 0 Å². The van der Waals surface area contributed by atoms with Crippen molar-refractivity contribution in [3.05, 3.63) is 35.4 Å². The van der Waals surface area contributed by atoms with Gasteiger partial charge in [-0.05, 0) is 24.1 Å². The van der Waals surface area contributed by atoms with Gasteiger partial charge in [0.2, 0.25) is 5.91 Å². The Labute approximate surface area is 120 Å². The number of primary amides is 1. The number of alkyl halides is 3. The molecular formula is C14H17F3N2O2. The lowest BCUT2D eigenvalue weighted by Gasteiger charge is -2.21. The zero-order valence-corrected chi connectivity index (χ0v) is 11.7. The number of nitrogens with one attached hydrogen (secondary N) is 1. The molecule has 2 atom stereocenters. The molecule has 1 aromatic carbocycles. The van der Waals surface area contributed by atoms with Gasteiger partial charge in [-0.3, -0.25) is 9.59 Å². The average molecular weight is 302 g/mol. The first-order valence-electron chi connectivity index (χ1n) is 6.44. The van der Waals surface area contributed by atoms with Gasteiger partial charge in [0.05, 0.1) is 5.56 Å². The van der Waals surface area contributed by atoms with E-state index < -0.39 is 29.6 Å². The number of nitrogens with two attached hydrogens (primary N) is 1. The van der Waals surface area contributed by atoms with E-state index in [2.05, 4.69) is 5.32 Å². The lowest BCUT2D eigenvalue weighted by molar-refractivity contribution is -0.137. The van der Waals surface area contributed by atoms with Crippen molar-refractivity contribution < 1.29 is 22.8 Å². The number of hydrogen-bond acceptors (Lipinski definition) is 2. The summed E-state index contributed by atoms with van der Waals surface area (Å²) in [6.07, 6.45) is -3.94. The molecule has 21 heavy (non-hydrogen) atoms. The summed E-state index contributed by atoms with van der Waals surface area (Å²) in [6.45, 7) is 3.54. The third kappa shape index (κ3) is 4.47. The first-order valence-corrected chi connectivity index (χ1v) is 6.44. The van der Waals surface area contributed by atoms with Gasteiger partial charge >= 0.3 is 6.18 Å². The summed E-state index contributed by atoms with van der Waals surface area (Å²) in [5, 5.41) is 2.38. The van der Waals surface area contributed by atoms with E-state index >= 15 is 0 Å². The van der Waals surface area contributed by atoms with Gasteiger partial charge in [-0.1, -0.05) is 26.3 Å². The van der Waals surface area contributed by atoms with Crippen molar-refractivity contribution in [3.8, 4) is 0 Å². The smallest absolute Gasteiger partial charge is 0.368 e. The van der Waals surface area contributed by atoms with Crippen LogP contribution in [0.3, 0.4) is 0 Å². The summed E-state index contributed by atoms with van der Waals surface area (Å²) in [7, 11) is 0. The molecule has 0 saturated heterocycles. The molecule has 3 N–H and O–H groups in total. The van der Waals surface area contributed by atoms with E-state index in [-0.39, 0.29) is 11.5 Å². The molecule has 0 heterocycles. The molecule has 0 aliphatic heterocycles. The van der Waals surface area contributed by atoms with Crippen LogP contribution >= 0.6 is 0 Å². The molecule has 1 aromatic rings. The minimum Gasteiger partial charge on any atom is -0.368 e. The van der Waals surface area contributed by atoms with Crippen LogP contribution in [0.2, 0.25) is 0 Å². The summed E-state index contributed by atoms with van der Waals surface area (Å²) >= 11 is 0. The predicted octanol–water partition coefficient (Wildman–Crippen LogP) is 2.34. The fourth-order valence-electron chi connectivity index (χ4n) is 1.79. The highest BCUT2D eigenvalue weighted by Crippen LogP contribution is 2.29. The van der Waals surface area contributed by atoms with Gasteiger partial charge in [0.15, 0.2) is 0 Å². The topological polar surface area (TPSA) is 72.2 Å². The Kier molecular flexibility index (Phi) is 5.34. The highest BCUT2D eigenvalue weighted by atomic mass is 19.4. The molecule has 0 fully saturated rings. The van der Waals surface area contributed by atoms with Crippen LogP contribution in [0.25, 0.3) is 0 Å². The van der Waals surface area contributed by atoms with Gasteiger partial charge in [0.25, 0.3) is 5.91 Å². The van der Waals surface area contributed by atoms with E-state index in [1.54, 1.807) is 6.92 Å². The fraction of sp³-hybridized carbons (Fsp3) is 0.429. The minimum absolute atomic E-state index is 0.167. The Morgan fingerprint density at radius 3 is 2.43 bits per heavy atom. The maximum atomic E-state index is 12.6. The summed E-state index contributed by atoms with van der Waals surface area (Å²) in [5.41, 5.74) is 4.12. The number of carbonyl (C=O) groups excluding carboxylic acids is 2. The van der Waals surface area contributed by atoms with Crippen molar-refractivity contribution in [2.45, 2.75) is 32.5 Å². The molecule has 0 aliphatic rings. The largest absolute Gasteiger partial charge is 0.416 e. The van der Waals surface area contributed by atoms with Gasteiger partial charge in [-0.15, -0.1) is 0 Å². The standard InChI is InChI=1S/C14H17F3N2O2/c1-3-8(2)11(12(18)20)19-13(21)9-5-4-6-10(7-9)14(15,16)17/h4-8,11H,3H2,1-2H3,(H2,18,20)(H,19,21)/t8-,11-/m0/s1. The molecular weight excluding hydrogens is 285 g/mol. The van der Waals surface area contributed by atoms with Gasteiger partial charge in [0, 0.05) is 5.56 Å². The zero-order chi connectivity index (χ0) is 16.2. The van der Waals surface area contributed by atoms with Crippen molar-refractivity contribution in [2.24, 2.45) is 11.7 Å². The van der Waals surface area contributed by atoms with Gasteiger partial charge in [-0.25, -0.2) is 0 Å². The van der Waals surface area contributed by atoms with Crippen molar-refractivity contribution >= 4 is 11.8 Å². The second kappa shape index (κ2) is 6.60. The fourth-order valence-corrected chi connectivity index (χ4v) is 1.79. The second-order valence-corrected chi connectivity index (χ2v) is 4.82. The lowest BCUT2D eigenvalue weighted by atomic mass is 9.98. The molecule has 0 bridgehead atoms. The van der Waals surface area contributed by atoms with Crippen LogP contribution in [0.1, 0.15) is 36.2 Å². The van der Waals surface area contributed by atoms with E-state index in [4.69, 9.17) is 5.73 Å². The predicted molar refractivity (Wildman–Crippen MR) is 71.3 cm³/mol. The Balaban J connectivity index is 2.96. The minimum atomic E-state index is -4.53. The molecule has 0 unspecified atom stereocenters. The molecule has 0 aromatic heterocycles. The Hall–Kier alpha value is -2.05. The van der Waals surface area contributed by atoms with E-state index in [0.29, 0.717) is 6.42 Å². The molecule has 7 heteroatoms. The van der Waals surface area contributed by atoms with E-state index in [1.165, 1.54) is 6.07 Å². The van der Waals surface area contributed by atoms with Crippen molar-refractivity contribution in [2.75, 3.05) is 0 Å². The van der Waals surface area contributed by atoms with Crippen molar-refractivity contribution in [1.82, 2.24) is 5.32 Å².